The van der Waals surface area contributed by atoms with Crippen LogP contribution in [0.5, 0.6) is 0 Å². The summed E-state index contributed by atoms with van der Waals surface area (Å²) in [4.78, 5) is 4.83. The predicted octanol–water partition coefficient (Wildman–Crippen LogP) is 7.13. The van der Waals surface area contributed by atoms with Crippen LogP contribution < -0.4 is 10.4 Å². The third-order valence-electron chi connectivity index (χ3n) is 6.97. The van der Waals surface area contributed by atoms with Gasteiger partial charge in [-0.05, 0) is 88.7 Å². The molecule has 2 aliphatic rings. The second-order valence-electron chi connectivity index (χ2n) is 9.42. The molecule has 2 unspecified atom stereocenters. The summed E-state index contributed by atoms with van der Waals surface area (Å²) >= 11 is 0. The van der Waals surface area contributed by atoms with E-state index in [0.717, 1.165) is 36.1 Å². The van der Waals surface area contributed by atoms with Crippen LogP contribution in [0.4, 0.5) is 4.39 Å². The molecule has 0 radical (unpaired) electrons. The minimum absolute atomic E-state index is 0.0556. The number of fused-ring (bicyclic) bond motifs is 2. The smallest absolute Gasteiger partial charge is 0.123 e. The van der Waals surface area contributed by atoms with Gasteiger partial charge in [0.2, 0.25) is 0 Å². The van der Waals surface area contributed by atoms with E-state index in [2.05, 4.69) is 78.5 Å². The molecule has 3 rings (SSSR count). The highest BCUT2D eigenvalue weighted by molar-refractivity contribution is 5.83. The monoisotopic (exact) mass is 433 g/mol. The standard InChI is InChI=1S/C26H34FN.C4H6/c1-8-10-11-18(9-2)20-12-13-21(27)24-23(20)25-22(17(5)26(24,6)7)19(16(3)4)14-15-28-25;1-3-4-2/h10-11,13-15,18,20H,8-9,12H2,1-7H3;1-2H3. The molecule has 0 N–H and O–H groups in total. The number of aromatic nitrogens is 1. The van der Waals surface area contributed by atoms with Crippen LogP contribution in [0, 0.1) is 29.1 Å². The van der Waals surface area contributed by atoms with Gasteiger partial charge in [0.25, 0.3) is 0 Å². The Morgan fingerprint density at radius 3 is 2.44 bits per heavy atom. The number of allylic oxidation sites excluding steroid dienone is 6. The first-order valence-corrected chi connectivity index (χ1v) is 11.9. The molecule has 172 valence electrons. The Bertz CT molecular complexity index is 1110. The minimum Gasteiger partial charge on any atom is -0.256 e. The maximum Gasteiger partial charge on any atom is 0.123 e. The van der Waals surface area contributed by atoms with Crippen molar-refractivity contribution in [2.24, 2.45) is 17.3 Å². The number of nitrogens with zero attached hydrogens (tertiary/aromatic N) is 1. The summed E-state index contributed by atoms with van der Waals surface area (Å²) in [5.41, 5.74) is 5.15. The highest BCUT2D eigenvalue weighted by atomic mass is 19.1. The van der Waals surface area contributed by atoms with E-state index in [-0.39, 0.29) is 17.2 Å². The third kappa shape index (κ3) is 4.83. The number of rotatable bonds is 4. The van der Waals surface area contributed by atoms with Crippen LogP contribution in [0.1, 0.15) is 87.3 Å². The molecular formula is C30H40FN. The van der Waals surface area contributed by atoms with Crippen molar-refractivity contribution in [3.63, 3.8) is 0 Å². The maximum atomic E-state index is 15.3. The van der Waals surface area contributed by atoms with E-state index in [1.54, 1.807) is 0 Å². The average Bonchev–Trinajstić information content (AvgIpc) is 2.78. The van der Waals surface area contributed by atoms with Gasteiger partial charge in [0.1, 0.15) is 5.83 Å². The molecule has 0 aromatic carbocycles. The van der Waals surface area contributed by atoms with Crippen molar-refractivity contribution in [2.75, 3.05) is 0 Å². The van der Waals surface area contributed by atoms with Crippen LogP contribution in [-0.4, -0.2) is 4.98 Å². The van der Waals surface area contributed by atoms with Crippen molar-refractivity contribution in [3.8, 4) is 11.8 Å². The molecule has 1 nitrogen and oxygen atoms in total. The van der Waals surface area contributed by atoms with Crippen molar-refractivity contribution >= 4 is 16.7 Å². The molecule has 0 bridgehead atoms. The van der Waals surface area contributed by atoms with E-state index >= 15 is 4.39 Å². The van der Waals surface area contributed by atoms with Crippen LogP contribution >= 0.6 is 0 Å². The lowest BCUT2D eigenvalue weighted by Crippen LogP contribution is -2.42. The molecule has 32 heavy (non-hydrogen) atoms. The third-order valence-corrected chi connectivity index (χ3v) is 6.97. The second-order valence-corrected chi connectivity index (χ2v) is 9.42. The van der Waals surface area contributed by atoms with Crippen molar-refractivity contribution in [2.45, 2.75) is 81.6 Å². The molecule has 0 aliphatic heterocycles. The van der Waals surface area contributed by atoms with Gasteiger partial charge < -0.3 is 0 Å². The van der Waals surface area contributed by atoms with Crippen LogP contribution in [0.2, 0.25) is 0 Å². The lowest BCUT2D eigenvalue weighted by atomic mass is 9.63. The Kier molecular flexibility index (Phi) is 8.85. The minimum atomic E-state index is -0.346. The zero-order valence-corrected chi connectivity index (χ0v) is 21.5. The van der Waals surface area contributed by atoms with Crippen LogP contribution in [0.3, 0.4) is 0 Å². The van der Waals surface area contributed by atoms with Gasteiger partial charge in [-0.15, -0.1) is 11.8 Å². The molecule has 1 aromatic heterocycles. The molecule has 2 atom stereocenters. The van der Waals surface area contributed by atoms with E-state index in [0.29, 0.717) is 5.92 Å². The fraction of sp³-hybridized carbons (Fsp3) is 0.500. The van der Waals surface area contributed by atoms with Gasteiger partial charge in [0, 0.05) is 22.4 Å². The van der Waals surface area contributed by atoms with Gasteiger partial charge in [-0.1, -0.05) is 51.0 Å². The molecule has 0 saturated heterocycles. The zero-order valence-electron chi connectivity index (χ0n) is 21.5. The van der Waals surface area contributed by atoms with Gasteiger partial charge in [-0.2, -0.15) is 0 Å². The van der Waals surface area contributed by atoms with Crippen molar-refractivity contribution in [1.82, 2.24) is 4.98 Å². The SMILES string of the molecule is CC#CC.CCC=CC(CC)C1CC=C(F)C2=C1c1nccc(=C(C)C)c1=C(C)C2(C)C. The summed E-state index contributed by atoms with van der Waals surface area (Å²) < 4.78 is 15.3. The highest BCUT2D eigenvalue weighted by Gasteiger charge is 2.42. The van der Waals surface area contributed by atoms with Gasteiger partial charge in [0.05, 0.1) is 5.69 Å². The highest BCUT2D eigenvalue weighted by Crippen LogP contribution is 2.52. The quantitative estimate of drug-likeness (QED) is 0.363. The number of hydrogen-bond acceptors (Lipinski definition) is 1. The van der Waals surface area contributed by atoms with E-state index < -0.39 is 0 Å². The fourth-order valence-electron chi connectivity index (χ4n) is 4.91. The number of pyridine rings is 1. The summed E-state index contributed by atoms with van der Waals surface area (Å²) in [6.07, 6.45) is 11.1. The molecule has 0 amide bonds. The van der Waals surface area contributed by atoms with Crippen molar-refractivity contribution in [3.05, 3.63) is 58.0 Å². The molecule has 0 fully saturated rings. The summed E-state index contributed by atoms with van der Waals surface area (Å²) in [6, 6.07) is 2.11. The van der Waals surface area contributed by atoms with Crippen LogP contribution in [0.25, 0.3) is 16.7 Å². The van der Waals surface area contributed by atoms with E-state index in [9.17, 15) is 0 Å². The maximum absolute atomic E-state index is 15.3. The van der Waals surface area contributed by atoms with Crippen molar-refractivity contribution < 1.29 is 4.39 Å². The summed E-state index contributed by atoms with van der Waals surface area (Å²) in [5.74, 6) is 5.97. The van der Waals surface area contributed by atoms with Gasteiger partial charge >= 0.3 is 0 Å². The summed E-state index contributed by atoms with van der Waals surface area (Å²) in [7, 11) is 0. The summed E-state index contributed by atoms with van der Waals surface area (Å²) in [6.45, 7) is 18.8. The first-order valence-electron chi connectivity index (χ1n) is 11.9. The normalized spacial score (nSPS) is 19.8. The molecule has 0 saturated carbocycles. The topological polar surface area (TPSA) is 12.9 Å². The molecule has 2 aliphatic carbocycles. The van der Waals surface area contributed by atoms with Crippen LogP contribution in [-0.2, 0) is 0 Å². The Morgan fingerprint density at radius 2 is 1.91 bits per heavy atom. The Hall–Kier alpha value is -2.40. The largest absolute Gasteiger partial charge is 0.256 e. The van der Waals surface area contributed by atoms with E-state index in [1.807, 2.05) is 26.1 Å². The molecule has 1 heterocycles. The Labute approximate surface area is 194 Å². The summed E-state index contributed by atoms with van der Waals surface area (Å²) in [5, 5.41) is 2.47. The van der Waals surface area contributed by atoms with Gasteiger partial charge in [-0.3, -0.25) is 4.98 Å². The lowest BCUT2D eigenvalue weighted by Gasteiger charge is -2.41. The molecule has 0 spiro atoms. The van der Waals surface area contributed by atoms with Crippen LogP contribution in [0.15, 0.2) is 41.9 Å². The first-order chi connectivity index (χ1) is 15.2. The zero-order chi connectivity index (χ0) is 24.1. The Morgan fingerprint density at radius 1 is 1.25 bits per heavy atom. The number of hydrogen-bond donors (Lipinski definition) is 0. The van der Waals surface area contributed by atoms with Gasteiger partial charge in [-0.25, -0.2) is 4.39 Å². The average molecular weight is 434 g/mol. The fourth-order valence-corrected chi connectivity index (χ4v) is 4.91. The Balaban J connectivity index is 0.000000837. The van der Waals surface area contributed by atoms with E-state index in [4.69, 9.17) is 4.98 Å². The second kappa shape index (κ2) is 11.0. The van der Waals surface area contributed by atoms with Crippen molar-refractivity contribution in [1.29, 1.82) is 0 Å². The molecule has 1 aromatic rings. The predicted molar refractivity (Wildman–Crippen MR) is 138 cm³/mol. The lowest BCUT2D eigenvalue weighted by molar-refractivity contribution is 0.440. The first kappa shape index (κ1) is 25.9. The van der Waals surface area contributed by atoms with E-state index in [1.165, 1.54) is 21.6 Å². The van der Waals surface area contributed by atoms with Gasteiger partial charge in [0.15, 0.2) is 0 Å². The molecule has 2 heteroatoms. The number of halogens is 1. The molecular weight excluding hydrogens is 393 g/mol.